The summed E-state index contributed by atoms with van der Waals surface area (Å²) in [5.41, 5.74) is 1.01. The molecule has 17 heavy (non-hydrogen) atoms. The van der Waals surface area contributed by atoms with E-state index in [1.807, 2.05) is 31.2 Å². The predicted molar refractivity (Wildman–Crippen MR) is 65.9 cm³/mol. The lowest BCUT2D eigenvalue weighted by Crippen LogP contribution is -2.51. The molecule has 2 rings (SSSR count). The topological polar surface area (TPSA) is 50.4 Å². The minimum atomic E-state index is -0.0285. The van der Waals surface area contributed by atoms with Crippen molar-refractivity contribution in [2.45, 2.75) is 13.0 Å². The maximum absolute atomic E-state index is 11.8. The predicted octanol–water partition coefficient (Wildman–Crippen LogP) is 1.09. The van der Waals surface area contributed by atoms with Gasteiger partial charge in [-0.1, -0.05) is 18.2 Å². The first-order chi connectivity index (χ1) is 8.22. The lowest BCUT2D eigenvalue weighted by atomic mass is 10.0. The highest BCUT2D eigenvalue weighted by atomic mass is 16.5. The molecule has 1 aliphatic rings. The number of hydrogen-bond donors (Lipinski definition) is 2. The van der Waals surface area contributed by atoms with E-state index < -0.39 is 0 Å². The summed E-state index contributed by atoms with van der Waals surface area (Å²) in [6, 6.07) is 7.73. The molecular weight excluding hydrogens is 216 g/mol. The summed E-state index contributed by atoms with van der Waals surface area (Å²) >= 11 is 0. The van der Waals surface area contributed by atoms with Gasteiger partial charge in [0.05, 0.1) is 19.1 Å². The van der Waals surface area contributed by atoms with Crippen LogP contribution in [0.1, 0.15) is 18.5 Å². The van der Waals surface area contributed by atoms with Crippen LogP contribution >= 0.6 is 0 Å². The van der Waals surface area contributed by atoms with E-state index in [1.165, 1.54) is 0 Å². The van der Waals surface area contributed by atoms with E-state index in [2.05, 4.69) is 10.6 Å². The van der Waals surface area contributed by atoms with Gasteiger partial charge in [-0.05, 0) is 13.0 Å². The third-order valence-corrected chi connectivity index (χ3v) is 3.12. The highest BCUT2D eigenvalue weighted by Crippen LogP contribution is 2.24. The van der Waals surface area contributed by atoms with Gasteiger partial charge in [-0.3, -0.25) is 4.79 Å². The largest absolute Gasteiger partial charge is 0.496 e. The highest BCUT2D eigenvalue weighted by Gasteiger charge is 2.26. The van der Waals surface area contributed by atoms with Gasteiger partial charge in [0, 0.05) is 18.7 Å². The molecule has 1 fully saturated rings. The maximum Gasteiger partial charge on any atom is 0.226 e. The van der Waals surface area contributed by atoms with Crippen LogP contribution in [0.5, 0.6) is 5.75 Å². The zero-order valence-electron chi connectivity index (χ0n) is 10.2. The zero-order valence-corrected chi connectivity index (χ0v) is 10.2. The second-order valence-corrected chi connectivity index (χ2v) is 4.33. The molecule has 4 nitrogen and oxygen atoms in total. The van der Waals surface area contributed by atoms with Crippen LogP contribution in [0.3, 0.4) is 0 Å². The minimum absolute atomic E-state index is 0.0285. The van der Waals surface area contributed by atoms with Gasteiger partial charge in [-0.25, -0.2) is 0 Å². The Bertz CT molecular complexity index is 402. The molecule has 0 saturated carbocycles. The van der Waals surface area contributed by atoms with Gasteiger partial charge >= 0.3 is 0 Å². The number of ether oxygens (including phenoxy) is 1. The molecule has 1 aromatic rings. The van der Waals surface area contributed by atoms with Crippen molar-refractivity contribution >= 4 is 5.91 Å². The first-order valence-corrected chi connectivity index (χ1v) is 5.86. The Labute approximate surface area is 101 Å². The SMILES string of the molecule is COc1ccccc1[C@H](C)NC(=O)C1CNC1. The summed E-state index contributed by atoms with van der Waals surface area (Å²) in [4.78, 5) is 11.8. The molecule has 0 aliphatic carbocycles. The molecule has 1 aliphatic heterocycles. The van der Waals surface area contributed by atoms with E-state index in [-0.39, 0.29) is 17.9 Å². The normalized spacial score (nSPS) is 17.1. The molecule has 1 atom stereocenters. The van der Waals surface area contributed by atoms with Crippen molar-refractivity contribution < 1.29 is 9.53 Å². The van der Waals surface area contributed by atoms with Gasteiger partial charge in [0.25, 0.3) is 0 Å². The molecule has 0 unspecified atom stereocenters. The van der Waals surface area contributed by atoms with Crippen LogP contribution in [0.2, 0.25) is 0 Å². The number of amides is 1. The smallest absolute Gasteiger partial charge is 0.226 e. The maximum atomic E-state index is 11.8. The number of methoxy groups -OCH3 is 1. The third-order valence-electron chi connectivity index (χ3n) is 3.12. The molecule has 1 heterocycles. The Hall–Kier alpha value is -1.55. The average molecular weight is 234 g/mol. The monoisotopic (exact) mass is 234 g/mol. The number of para-hydroxylation sites is 1. The van der Waals surface area contributed by atoms with E-state index in [1.54, 1.807) is 7.11 Å². The Morgan fingerprint density at radius 3 is 2.76 bits per heavy atom. The molecular formula is C13H18N2O2. The molecule has 0 aromatic heterocycles. The van der Waals surface area contributed by atoms with E-state index in [4.69, 9.17) is 4.74 Å². The van der Waals surface area contributed by atoms with Crippen LogP contribution in [0.25, 0.3) is 0 Å². The molecule has 0 bridgehead atoms. The van der Waals surface area contributed by atoms with E-state index >= 15 is 0 Å². The van der Waals surface area contributed by atoms with Crippen molar-refractivity contribution in [3.63, 3.8) is 0 Å². The van der Waals surface area contributed by atoms with Crippen molar-refractivity contribution in [2.75, 3.05) is 20.2 Å². The summed E-state index contributed by atoms with van der Waals surface area (Å²) in [5, 5.41) is 6.11. The van der Waals surface area contributed by atoms with E-state index in [0.717, 1.165) is 24.4 Å². The van der Waals surface area contributed by atoms with Crippen molar-refractivity contribution in [3.05, 3.63) is 29.8 Å². The van der Waals surface area contributed by atoms with Crippen molar-refractivity contribution in [1.29, 1.82) is 0 Å². The van der Waals surface area contributed by atoms with Crippen LogP contribution in [-0.2, 0) is 4.79 Å². The first kappa shape index (κ1) is 11.9. The molecule has 2 N–H and O–H groups in total. The summed E-state index contributed by atoms with van der Waals surface area (Å²) in [7, 11) is 1.64. The molecule has 0 radical (unpaired) electrons. The summed E-state index contributed by atoms with van der Waals surface area (Å²) in [6.07, 6.45) is 0. The van der Waals surface area contributed by atoms with Crippen molar-refractivity contribution in [3.8, 4) is 5.75 Å². The molecule has 4 heteroatoms. The van der Waals surface area contributed by atoms with E-state index in [9.17, 15) is 4.79 Å². The Morgan fingerprint density at radius 1 is 1.47 bits per heavy atom. The highest BCUT2D eigenvalue weighted by molar-refractivity contribution is 5.80. The quantitative estimate of drug-likeness (QED) is 0.820. The van der Waals surface area contributed by atoms with Gasteiger partial charge in [0.15, 0.2) is 0 Å². The fourth-order valence-electron chi connectivity index (χ4n) is 1.91. The molecule has 1 saturated heterocycles. The van der Waals surface area contributed by atoms with Gasteiger partial charge in [0.2, 0.25) is 5.91 Å². The Morgan fingerprint density at radius 2 is 2.18 bits per heavy atom. The van der Waals surface area contributed by atoms with Crippen LogP contribution in [-0.4, -0.2) is 26.1 Å². The number of benzene rings is 1. The van der Waals surface area contributed by atoms with Crippen LogP contribution in [0.15, 0.2) is 24.3 Å². The van der Waals surface area contributed by atoms with Gasteiger partial charge in [0.1, 0.15) is 5.75 Å². The minimum Gasteiger partial charge on any atom is -0.496 e. The van der Waals surface area contributed by atoms with Crippen LogP contribution in [0.4, 0.5) is 0 Å². The lowest BCUT2D eigenvalue weighted by molar-refractivity contribution is -0.127. The Balaban J connectivity index is 2.03. The molecule has 1 aromatic carbocycles. The first-order valence-electron chi connectivity index (χ1n) is 5.86. The van der Waals surface area contributed by atoms with Crippen molar-refractivity contribution in [1.82, 2.24) is 10.6 Å². The van der Waals surface area contributed by atoms with Crippen molar-refractivity contribution in [2.24, 2.45) is 5.92 Å². The van der Waals surface area contributed by atoms with Gasteiger partial charge in [-0.15, -0.1) is 0 Å². The number of hydrogen-bond acceptors (Lipinski definition) is 3. The summed E-state index contributed by atoms with van der Waals surface area (Å²) in [5.74, 6) is 1.04. The van der Waals surface area contributed by atoms with Gasteiger partial charge in [-0.2, -0.15) is 0 Å². The molecule has 1 amide bonds. The third kappa shape index (κ3) is 2.58. The van der Waals surface area contributed by atoms with Crippen LogP contribution in [0, 0.1) is 5.92 Å². The molecule has 92 valence electrons. The average Bonchev–Trinajstić information content (AvgIpc) is 2.26. The zero-order chi connectivity index (χ0) is 12.3. The van der Waals surface area contributed by atoms with E-state index in [0.29, 0.717) is 0 Å². The fraction of sp³-hybridized carbons (Fsp3) is 0.462. The number of nitrogens with one attached hydrogen (secondary N) is 2. The number of carbonyl (C=O) groups is 1. The lowest BCUT2D eigenvalue weighted by Gasteiger charge is -2.28. The summed E-state index contributed by atoms with van der Waals surface area (Å²) in [6.45, 7) is 3.54. The number of carbonyl (C=O) groups excluding carboxylic acids is 1. The summed E-state index contributed by atoms with van der Waals surface area (Å²) < 4.78 is 5.29. The van der Waals surface area contributed by atoms with Crippen LogP contribution < -0.4 is 15.4 Å². The second kappa shape index (κ2) is 5.19. The fourth-order valence-corrected chi connectivity index (χ4v) is 1.91. The Kier molecular flexibility index (Phi) is 3.64. The molecule has 0 spiro atoms. The number of rotatable bonds is 4. The van der Waals surface area contributed by atoms with Gasteiger partial charge < -0.3 is 15.4 Å². The second-order valence-electron chi connectivity index (χ2n) is 4.33. The standard InChI is InChI=1S/C13H18N2O2/c1-9(15-13(16)10-7-14-8-10)11-5-3-4-6-12(11)17-2/h3-6,9-10,14H,7-8H2,1-2H3,(H,15,16)/t9-/m0/s1.